The van der Waals surface area contributed by atoms with E-state index < -0.39 is 0 Å². The third-order valence-electron chi connectivity index (χ3n) is 3.11. The second-order valence-electron chi connectivity index (χ2n) is 4.10. The highest BCUT2D eigenvalue weighted by Crippen LogP contribution is 2.37. The van der Waals surface area contributed by atoms with Crippen LogP contribution in [0.5, 0.6) is 0 Å². The second kappa shape index (κ2) is 3.88. The minimum absolute atomic E-state index is 0.427. The first-order chi connectivity index (χ1) is 7.86. The van der Waals surface area contributed by atoms with Gasteiger partial charge in [-0.25, -0.2) is 0 Å². The summed E-state index contributed by atoms with van der Waals surface area (Å²) in [4.78, 5) is 0. The zero-order chi connectivity index (χ0) is 11.0. The first-order valence-electron chi connectivity index (χ1n) is 5.48. The minimum Gasteiger partial charge on any atom is -0.109 e. The van der Waals surface area contributed by atoms with Gasteiger partial charge in [-0.1, -0.05) is 60.7 Å². The maximum absolute atomic E-state index is 2.83. The molecule has 0 heterocycles. The largest absolute Gasteiger partial charge is 0.109 e. The molecule has 0 amide bonds. The van der Waals surface area contributed by atoms with Crippen LogP contribution in [0.4, 0.5) is 0 Å². The van der Waals surface area contributed by atoms with Crippen molar-refractivity contribution in [3.05, 3.63) is 71.6 Å². The average Bonchev–Trinajstić information content (AvgIpc) is 2.75. The molecule has 2 unspecified atom stereocenters. The van der Waals surface area contributed by atoms with Gasteiger partial charge in [0.2, 0.25) is 0 Å². The number of rotatable bonds is 1. The molecule has 2 atom stereocenters. The molecule has 16 heavy (non-hydrogen) atoms. The molecule has 0 saturated carbocycles. The van der Waals surface area contributed by atoms with Crippen LogP contribution in [0, 0.1) is 0 Å². The molecule has 0 fully saturated rings. The van der Waals surface area contributed by atoms with Crippen molar-refractivity contribution < 1.29 is 0 Å². The molecule has 0 nitrogen and oxygen atoms in total. The molecule has 0 saturated heterocycles. The van der Waals surface area contributed by atoms with E-state index in [1.807, 2.05) is 0 Å². The lowest BCUT2D eigenvalue weighted by molar-refractivity contribution is 1.10. The Morgan fingerprint density at radius 1 is 0.938 bits per heavy atom. The molecule has 0 spiro atoms. The molecular weight excluding hydrogens is 211 g/mol. The lowest BCUT2D eigenvalue weighted by Crippen LogP contribution is -1.93. The summed E-state index contributed by atoms with van der Waals surface area (Å²) in [5, 5.41) is 4.02. The lowest BCUT2D eigenvalue weighted by atomic mass is 9.94. The van der Waals surface area contributed by atoms with E-state index in [1.54, 1.807) is 0 Å². The van der Waals surface area contributed by atoms with Crippen molar-refractivity contribution in [2.24, 2.45) is 0 Å². The van der Waals surface area contributed by atoms with E-state index in [0.29, 0.717) is 5.92 Å². The zero-order valence-electron chi connectivity index (χ0n) is 8.93. The quantitative estimate of drug-likeness (QED) is 0.635. The fourth-order valence-corrected chi connectivity index (χ4v) is 2.70. The highest BCUT2D eigenvalue weighted by Gasteiger charge is 2.15. The van der Waals surface area contributed by atoms with E-state index in [-0.39, 0.29) is 0 Å². The van der Waals surface area contributed by atoms with Crippen molar-refractivity contribution in [3.8, 4) is 0 Å². The SMILES string of the molecule is PC1=CC=CC1c1cccc2ccccc12. The van der Waals surface area contributed by atoms with Gasteiger partial charge in [0.15, 0.2) is 0 Å². The van der Waals surface area contributed by atoms with E-state index in [4.69, 9.17) is 0 Å². The van der Waals surface area contributed by atoms with Crippen molar-refractivity contribution in [3.63, 3.8) is 0 Å². The summed E-state index contributed by atoms with van der Waals surface area (Å²) in [5.41, 5.74) is 1.40. The van der Waals surface area contributed by atoms with Gasteiger partial charge in [-0.2, -0.15) is 0 Å². The molecule has 0 radical (unpaired) electrons. The molecule has 1 heteroatoms. The van der Waals surface area contributed by atoms with Crippen molar-refractivity contribution in [2.45, 2.75) is 5.92 Å². The highest BCUT2D eigenvalue weighted by atomic mass is 31.0. The Morgan fingerprint density at radius 3 is 2.56 bits per heavy atom. The van der Waals surface area contributed by atoms with Gasteiger partial charge in [-0.05, 0) is 21.7 Å². The van der Waals surface area contributed by atoms with Crippen molar-refractivity contribution in [1.29, 1.82) is 0 Å². The fraction of sp³-hybridized carbons (Fsp3) is 0.0667. The van der Waals surface area contributed by atoms with Crippen LogP contribution >= 0.6 is 9.24 Å². The van der Waals surface area contributed by atoms with Gasteiger partial charge in [0.05, 0.1) is 0 Å². The number of hydrogen-bond acceptors (Lipinski definition) is 0. The van der Waals surface area contributed by atoms with Crippen LogP contribution in [-0.2, 0) is 0 Å². The van der Waals surface area contributed by atoms with Gasteiger partial charge in [-0.15, -0.1) is 9.24 Å². The molecule has 3 rings (SSSR count). The molecule has 2 aromatic rings. The van der Waals surface area contributed by atoms with Gasteiger partial charge in [0.1, 0.15) is 0 Å². The van der Waals surface area contributed by atoms with Crippen LogP contribution in [-0.4, -0.2) is 0 Å². The summed E-state index contributed by atoms with van der Waals surface area (Å²) in [5.74, 6) is 0.427. The first kappa shape index (κ1) is 9.81. The van der Waals surface area contributed by atoms with Gasteiger partial charge in [-0.3, -0.25) is 0 Å². The summed E-state index contributed by atoms with van der Waals surface area (Å²) in [6.45, 7) is 0. The van der Waals surface area contributed by atoms with Crippen LogP contribution in [0.2, 0.25) is 0 Å². The van der Waals surface area contributed by atoms with Crippen molar-refractivity contribution >= 4 is 20.0 Å². The normalized spacial score (nSPS) is 19.1. The number of allylic oxidation sites excluding steroid dienone is 4. The molecule has 0 aromatic heterocycles. The van der Waals surface area contributed by atoms with Crippen molar-refractivity contribution in [1.82, 2.24) is 0 Å². The molecule has 78 valence electrons. The summed E-state index contributed by atoms with van der Waals surface area (Å²) < 4.78 is 0. The van der Waals surface area contributed by atoms with Crippen LogP contribution < -0.4 is 0 Å². The zero-order valence-corrected chi connectivity index (χ0v) is 10.1. The van der Waals surface area contributed by atoms with Gasteiger partial charge < -0.3 is 0 Å². The minimum atomic E-state index is 0.427. The number of benzene rings is 2. The standard InChI is InChI=1S/C15H13P/c16-15-10-4-9-14(15)13-8-3-6-11-5-1-2-7-12(11)13/h1-10,14H,16H2. The number of fused-ring (bicyclic) bond motifs is 1. The van der Waals surface area contributed by atoms with E-state index >= 15 is 0 Å². The van der Waals surface area contributed by atoms with Gasteiger partial charge >= 0.3 is 0 Å². The Morgan fingerprint density at radius 2 is 1.75 bits per heavy atom. The summed E-state index contributed by atoms with van der Waals surface area (Å²) in [6, 6.07) is 15.1. The predicted molar refractivity (Wildman–Crippen MR) is 73.6 cm³/mol. The van der Waals surface area contributed by atoms with Crippen LogP contribution in [0.1, 0.15) is 11.5 Å². The Balaban J connectivity index is 2.24. The summed E-state index contributed by atoms with van der Waals surface area (Å²) in [6.07, 6.45) is 6.55. The smallest absolute Gasteiger partial charge is 0.0277 e. The molecule has 0 bridgehead atoms. The average molecular weight is 224 g/mol. The third-order valence-corrected chi connectivity index (χ3v) is 3.66. The molecule has 1 aliphatic carbocycles. The topological polar surface area (TPSA) is 0 Å². The Kier molecular flexibility index (Phi) is 2.38. The van der Waals surface area contributed by atoms with E-state index in [1.165, 1.54) is 21.7 Å². The Labute approximate surface area is 97.9 Å². The van der Waals surface area contributed by atoms with E-state index in [9.17, 15) is 0 Å². The molecule has 0 N–H and O–H groups in total. The van der Waals surface area contributed by atoms with Crippen molar-refractivity contribution in [2.75, 3.05) is 0 Å². The Hall–Kier alpha value is -1.39. The number of hydrogen-bond donors (Lipinski definition) is 0. The molecular formula is C15H13P. The first-order valence-corrected chi connectivity index (χ1v) is 6.05. The fourth-order valence-electron chi connectivity index (χ4n) is 2.30. The van der Waals surface area contributed by atoms with Gasteiger partial charge in [0.25, 0.3) is 0 Å². The molecule has 1 aliphatic rings. The van der Waals surface area contributed by atoms with Crippen LogP contribution in [0.15, 0.2) is 66.0 Å². The predicted octanol–water partition coefficient (Wildman–Crippen LogP) is 4.25. The van der Waals surface area contributed by atoms with Crippen LogP contribution in [0.25, 0.3) is 10.8 Å². The summed E-state index contributed by atoms with van der Waals surface area (Å²) in [7, 11) is 2.83. The Bertz CT molecular complexity index is 588. The van der Waals surface area contributed by atoms with Crippen LogP contribution in [0.3, 0.4) is 0 Å². The second-order valence-corrected chi connectivity index (χ2v) is 4.76. The third kappa shape index (κ3) is 1.50. The summed E-state index contributed by atoms with van der Waals surface area (Å²) >= 11 is 0. The van der Waals surface area contributed by atoms with Gasteiger partial charge in [0, 0.05) is 5.92 Å². The molecule has 2 aromatic carbocycles. The maximum Gasteiger partial charge on any atom is 0.0277 e. The van der Waals surface area contributed by atoms with E-state index in [0.717, 1.165) is 0 Å². The highest BCUT2D eigenvalue weighted by molar-refractivity contribution is 7.22. The maximum atomic E-state index is 2.83. The van der Waals surface area contributed by atoms with E-state index in [2.05, 4.69) is 69.9 Å². The lowest BCUT2D eigenvalue weighted by Gasteiger charge is -2.13. The monoisotopic (exact) mass is 224 g/mol. The molecule has 0 aliphatic heterocycles.